The Bertz CT molecular complexity index is 1220. The van der Waals surface area contributed by atoms with Gasteiger partial charge in [-0.25, -0.2) is 0 Å². The highest BCUT2D eigenvalue weighted by molar-refractivity contribution is 7.98. The van der Waals surface area contributed by atoms with Gasteiger partial charge in [0.1, 0.15) is 0 Å². The van der Waals surface area contributed by atoms with Crippen molar-refractivity contribution in [2.45, 2.75) is 24.1 Å². The molecule has 1 aliphatic rings. The lowest BCUT2D eigenvalue weighted by Crippen LogP contribution is -2.17. The zero-order valence-corrected chi connectivity index (χ0v) is 18.3. The number of aryl methyl sites for hydroxylation is 1. The predicted octanol–water partition coefficient (Wildman–Crippen LogP) is 6.30. The summed E-state index contributed by atoms with van der Waals surface area (Å²) in [6.07, 6.45) is -0.425. The van der Waals surface area contributed by atoms with Gasteiger partial charge < -0.3 is 10.1 Å². The first-order valence-corrected chi connectivity index (χ1v) is 11.2. The zero-order chi connectivity index (χ0) is 21.2. The average molecular weight is 447 g/mol. The van der Waals surface area contributed by atoms with Crippen LogP contribution in [-0.2, 0) is 5.75 Å². The Balaban J connectivity index is 1.47. The predicted molar refractivity (Wildman–Crippen MR) is 124 cm³/mol. The van der Waals surface area contributed by atoms with Crippen molar-refractivity contribution in [2.75, 3.05) is 5.32 Å². The number of hydrogen-bond acceptors (Lipinski definition) is 6. The van der Waals surface area contributed by atoms with E-state index in [0.717, 1.165) is 22.6 Å². The largest absolute Gasteiger partial charge is 0.448 e. The lowest BCUT2D eigenvalue weighted by Gasteiger charge is -2.19. The Hall–Kier alpha value is -3.09. The lowest BCUT2D eigenvalue weighted by atomic mass is 10.1. The molecule has 1 N–H and O–H groups in total. The Labute approximate surface area is 189 Å². The van der Waals surface area contributed by atoms with Crippen LogP contribution in [0.2, 0.25) is 5.02 Å². The molecule has 0 saturated carbocycles. The minimum Gasteiger partial charge on any atom is -0.448 e. The summed E-state index contributed by atoms with van der Waals surface area (Å²) < 4.78 is 6.29. The van der Waals surface area contributed by atoms with E-state index in [0.29, 0.717) is 21.8 Å². The molecule has 5 nitrogen and oxygen atoms in total. The number of anilines is 1. The van der Waals surface area contributed by atoms with Gasteiger partial charge in [-0.3, -0.25) is 0 Å². The van der Waals surface area contributed by atoms with E-state index in [2.05, 4.69) is 46.7 Å². The Morgan fingerprint density at radius 2 is 1.74 bits per heavy atom. The number of thioether (sulfide) groups is 1. The van der Waals surface area contributed by atoms with Gasteiger partial charge in [0.2, 0.25) is 11.0 Å². The van der Waals surface area contributed by atoms with Crippen LogP contribution >= 0.6 is 23.4 Å². The van der Waals surface area contributed by atoms with Crippen molar-refractivity contribution in [1.82, 2.24) is 15.2 Å². The van der Waals surface area contributed by atoms with Crippen molar-refractivity contribution >= 4 is 29.1 Å². The minimum absolute atomic E-state index is 0.425. The van der Waals surface area contributed by atoms with Gasteiger partial charge in [0.15, 0.2) is 11.9 Å². The van der Waals surface area contributed by atoms with E-state index >= 15 is 0 Å². The highest BCUT2D eigenvalue weighted by Gasteiger charge is 2.26. The van der Waals surface area contributed by atoms with Crippen LogP contribution in [0.3, 0.4) is 0 Å². The van der Waals surface area contributed by atoms with E-state index in [9.17, 15) is 0 Å². The quantitative estimate of drug-likeness (QED) is 0.371. The molecule has 1 aliphatic heterocycles. The fourth-order valence-corrected chi connectivity index (χ4v) is 4.19. The molecule has 4 aromatic rings. The third-order valence-electron chi connectivity index (χ3n) is 4.99. The summed E-state index contributed by atoms with van der Waals surface area (Å²) in [4.78, 5) is 4.70. The number of nitrogens with zero attached hydrogens (tertiary/aromatic N) is 3. The third-order valence-corrected chi connectivity index (χ3v) is 6.16. The van der Waals surface area contributed by atoms with Crippen LogP contribution in [0.15, 0.2) is 78.0 Å². The lowest BCUT2D eigenvalue weighted by molar-refractivity contribution is 0.225. The summed E-state index contributed by atoms with van der Waals surface area (Å²) >= 11 is 7.60. The van der Waals surface area contributed by atoms with Crippen LogP contribution in [0.4, 0.5) is 5.69 Å². The van der Waals surface area contributed by atoms with Crippen molar-refractivity contribution in [2.24, 2.45) is 0 Å². The molecule has 0 bridgehead atoms. The van der Waals surface area contributed by atoms with E-state index in [1.54, 1.807) is 0 Å². The molecule has 2 heterocycles. The van der Waals surface area contributed by atoms with Crippen LogP contribution in [0.1, 0.15) is 22.9 Å². The van der Waals surface area contributed by atoms with Crippen LogP contribution in [0.25, 0.3) is 11.3 Å². The number of fused-ring (bicyclic) bond motifs is 3. The number of benzene rings is 3. The van der Waals surface area contributed by atoms with Crippen molar-refractivity contribution in [1.29, 1.82) is 0 Å². The number of halogens is 1. The molecule has 3 aromatic carbocycles. The molecule has 0 radical (unpaired) electrons. The molecule has 1 unspecified atom stereocenters. The number of aromatic nitrogens is 3. The van der Waals surface area contributed by atoms with E-state index in [1.165, 1.54) is 22.9 Å². The summed E-state index contributed by atoms with van der Waals surface area (Å²) in [6, 6.07) is 24.0. The second kappa shape index (κ2) is 8.57. The summed E-state index contributed by atoms with van der Waals surface area (Å²) in [5.41, 5.74) is 5.84. The Kier molecular flexibility index (Phi) is 5.49. The van der Waals surface area contributed by atoms with Crippen LogP contribution < -0.4 is 10.1 Å². The second-order valence-corrected chi connectivity index (χ2v) is 8.64. The number of para-hydroxylation sites is 1. The molecule has 154 valence electrons. The Morgan fingerprint density at radius 1 is 0.968 bits per heavy atom. The maximum atomic E-state index is 6.29. The summed E-state index contributed by atoms with van der Waals surface area (Å²) in [5, 5.41) is 13.5. The first-order chi connectivity index (χ1) is 15.2. The monoisotopic (exact) mass is 446 g/mol. The van der Waals surface area contributed by atoms with Crippen molar-refractivity contribution in [3.8, 4) is 17.1 Å². The standard InChI is InChI=1S/C24H19ClN4OS/c1-15-6-8-16(9-7-15)14-31-24-27-23-21(28-29-24)19-4-2-3-5-20(19)26-22(30-23)17-10-12-18(25)13-11-17/h2-13,22,26H,14H2,1H3. The van der Waals surface area contributed by atoms with Crippen molar-refractivity contribution in [3.63, 3.8) is 0 Å². The van der Waals surface area contributed by atoms with Gasteiger partial charge >= 0.3 is 0 Å². The highest BCUT2D eigenvalue weighted by Crippen LogP contribution is 2.39. The van der Waals surface area contributed by atoms with Gasteiger partial charge in [0, 0.05) is 27.6 Å². The molecular formula is C24H19ClN4OS. The summed E-state index contributed by atoms with van der Waals surface area (Å²) in [6.45, 7) is 2.08. The van der Waals surface area contributed by atoms with Gasteiger partial charge in [0.25, 0.3) is 0 Å². The molecule has 31 heavy (non-hydrogen) atoms. The van der Waals surface area contributed by atoms with Gasteiger partial charge in [-0.05, 0) is 30.7 Å². The van der Waals surface area contributed by atoms with Gasteiger partial charge in [-0.15, -0.1) is 10.2 Å². The summed E-state index contributed by atoms with van der Waals surface area (Å²) in [7, 11) is 0. The molecule has 0 saturated heterocycles. The first-order valence-electron chi connectivity index (χ1n) is 9.87. The maximum absolute atomic E-state index is 6.29. The number of hydrogen-bond donors (Lipinski definition) is 1. The Morgan fingerprint density at radius 3 is 2.55 bits per heavy atom. The fraction of sp³-hybridized carbons (Fsp3) is 0.125. The van der Waals surface area contributed by atoms with Gasteiger partial charge in [-0.1, -0.05) is 83.5 Å². The van der Waals surface area contributed by atoms with Crippen LogP contribution in [0.5, 0.6) is 5.88 Å². The molecular weight excluding hydrogens is 428 g/mol. The third kappa shape index (κ3) is 4.36. The van der Waals surface area contributed by atoms with Crippen molar-refractivity contribution in [3.05, 3.63) is 94.5 Å². The molecule has 1 aromatic heterocycles. The van der Waals surface area contributed by atoms with Crippen molar-refractivity contribution < 1.29 is 4.74 Å². The second-order valence-electron chi connectivity index (χ2n) is 7.26. The molecule has 1 atom stereocenters. The maximum Gasteiger partial charge on any atom is 0.247 e. The van der Waals surface area contributed by atoms with Crippen LogP contribution in [-0.4, -0.2) is 15.2 Å². The molecule has 0 fully saturated rings. The smallest absolute Gasteiger partial charge is 0.247 e. The topological polar surface area (TPSA) is 59.9 Å². The minimum atomic E-state index is -0.425. The molecule has 7 heteroatoms. The SMILES string of the molecule is Cc1ccc(CSc2nnc3c(n2)OC(c2ccc(Cl)cc2)Nc2ccccc2-3)cc1. The van der Waals surface area contributed by atoms with E-state index in [-0.39, 0.29) is 0 Å². The first kappa shape index (κ1) is 19.8. The van der Waals surface area contributed by atoms with Crippen LogP contribution in [0, 0.1) is 6.92 Å². The van der Waals surface area contributed by atoms with E-state index in [4.69, 9.17) is 21.3 Å². The molecule has 0 aliphatic carbocycles. The number of rotatable bonds is 4. The molecule has 5 rings (SSSR count). The fourth-order valence-electron chi connectivity index (χ4n) is 3.33. The summed E-state index contributed by atoms with van der Waals surface area (Å²) in [5.74, 6) is 1.22. The van der Waals surface area contributed by atoms with E-state index < -0.39 is 6.23 Å². The van der Waals surface area contributed by atoms with E-state index in [1.807, 2.05) is 48.5 Å². The highest BCUT2D eigenvalue weighted by atomic mass is 35.5. The number of nitrogens with one attached hydrogen (secondary N) is 1. The van der Waals surface area contributed by atoms with Gasteiger partial charge in [-0.2, -0.15) is 4.98 Å². The molecule has 0 spiro atoms. The molecule has 0 amide bonds. The number of ether oxygens (including phenoxy) is 1. The average Bonchev–Trinajstić information content (AvgIpc) is 2.96. The normalized spacial score (nSPS) is 14.6. The van der Waals surface area contributed by atoms with Gasteiger partial charge in [0.05, 0.1) is 0 Å². The zero-order valence-electron chi connectivity index (χ0n) is 16.7.